The molecule has 0 bridgehead atoms. The summed E-state index contributed by atoms with van der Waals surface area (Å²) in [6.45, 7) is 3.80. The van der Waals surface area contributed by atoms with Crippen molar-refractivity contribution in [1.82, 2.24) is 9.55 Å². The molecule has 0 saturated carbocycles. The van der Waals surface area contributed by atoms with Crippen molar-refractivity contribution in [3.63, 3.8) is 0 Å². The number of hydrogen-bond donors (Lipinski definition) is 2. The fourth-order valence-corrected chi connectivity index (χ4v) is 1.91. The first kappa shape index (κ1) is 14.9. The molecule has 7 heteroatoms. The molecule has 0 spiro atoms. The average Bonchev–Trinajstić information content (AvgIpc) is 2.45. The summed E-state index contributed by atoms with van der Waals surface area (Å²) in [6, 6.07) is 5.41. The first-order valence-electron chi connectivity index (χ1n) is 5.99. The highest BCUT2D eigenvalue weighted by atomic mass is 32.1. The fourth-order valence-electron chi connectivity index (χ4n) is 1.66. The normalized spacial score (nSPS) is 10.9. The van der Waals surface area contributed by atoms with Gasteiger partial charge in [0.1, 0.15) is 11.4 Å². The van der Waals surface area contributed by atoms with Gasteiger partial charge in [0.15, 0.2) is 4.77 Å². The Balaban J connectivity index is 2.46. The van der Waals surface area contributed by atoms with E-state index in [0.29, 0.717) is 5.69 Å². The van der Waals surface area contributed by atoms with Gasteiger partial charge >= 0.3 is 0 Å². The number of aromatic amines is 1. The van der Waals surface area contributed by atoms with Crippen LogP contribution < -0.4 is 5.56 Å². The van der Waals surface area contributed by atoms with E-state index in [-0.39, 0.29) is 28.6 Å². The van der Waals surface area contributed by atoms with E-state index in [0.717, 1.165) is 0 Å². The second kappa shape index (κ2) is 6.27. The van der Waals surface area contributed by atoms with Crippen molar-refractivity contribution in [3.05, 3.63) is 63.4 Å². The molecular formula is C14H12FN3O2S. The molecule has 0 atom stereocenters. The van der Waals surface area contributed by atoms with Crippen molar-refractivity contribution in [2.45, 2.75) is 6.54 Å². The molecule has 5 nitrogen and oxygen atoms in total. The SMILES string of the molecule is C=CCn1c(O)c(C=Nc2ccc(F)cc2)c(=O)[nH]c1=S. The molecule has 21 heavy (non-hydrogen) atoms. The largest absolute Gasteiger partial charge is 0.494 e. The highest BCUT2D eigenvalue weighted by Gasteiger charge is 2.09. The van der Waals surface area contributed by atoms with Crippen molar-refractivity contribution < 1.29 is 9.50 Å². The molecule has 0 unspecified atom stereocenters. The Morgan fingerprint density at radius 3 is 2.71 bits per heavy atom. The minimum absolute atomic E-state index is 0.0326. The van der Waals surface area contributed by atoms with Crippen LogP contribution in [-0.2, 0) is 6.54 Å². The second-order valence-corrected chi connectivity index (χ2v) is 4.52. The van der Waals surface area contributed by atoms with Crippen LogP contribution in [0.15, 0.2) is 46.7 Å². The Hall–Kier alpha value is -2.54. The van der Waals surface area contributed by atoms with Crippen LogP contribution in [0.3, 0.4) is 0 Å². The zero-order valence-corrected chi connectivity index (χ0v) is 11.7. The Labute approximate surface area is 124 Å². The van der Waals surface area contributed by atoms with Crippen molar-refractivity contribution in [1.29, 1.82) is 0 Å². The Morgan fingerprint density at radius 1 is 1.43 bits per heavy atom. The molecule has 2 rings (SSSR count). The standard InChI is InChI=1S/C14H12FN3O2S/c1-2-7-18-13(20)11(12(19)17-14(18)21)8-16-10-5-3-9(15)4-6-10/h2-6,8,20H,1,7H2,(H,17,19,21). The Kier molecular flexibility index (Phi) is 4.44. The summed E-state index contributed by atoms with van der Waals surface area (Å²) >= 11 is 4.96. The smallest absolute Gasteiger partial charge is 0.264 e. The number of nitrogens with zero attached hydrogens (tertiary/aromatic N) is 2. The van der Waals surface area contributed by atoms with E-state index in [9.17, 15) is 14.3 Å². The lowest BCUT2D eigenvalue weighted by Crippen LogP contribution is -2.18. The van der Waals surface area contributed by atoms with Crippen LogP contribution in [0, 0.1) is 10.6 Å². The van der Waals surface area contributed by atoms with E-state index >= 15 is 0 Å². The number of allylic oxidation sites excluding steroid dienone is 1. The van der Waals surface area contributed by atoms with Crippen LogP contribution in [-0.4, -0.2) is 20.9 Å². The van der Waals surface area contributed by atoms with E-state index in [2.05, 4.69) is 16.6 Å². The predicted octanol–water partition coefficient (Wildman–Crippen LogP) is 2.69. The number of aromatic nitrogens is 2. The van der Waals surface area contributed by atoms with Crippen LogP contribution in [0.5, 0.6) is 5.88 Å². The van der Waals surface area contributed by atoms with Crippen LogP contribution in [0.1, 0.15) is 5.56 Å². The highest BCUT2D eigenvalue weighted by Crippen LogP contribution is 2.15. The maximum atomic E-state index is 12.8. The zero-order chi connectivity index (χ0) is 15.4. The third-order valence-electron chi connectivity index (χ3n) is 2.69. The quantitative estimate of drug-likeness (QED) is 0.518. The number of H-pyrrole nitrogens is 1. The summed E-state index contributed by atoms with van der Waals surface area (Å²) in [7, 11) is 0. The summed E-state index contributed by atoms with van der Waals surface area (Å²) in [6.07, 6.45) is 2.74. The van der Waals surface area contributed by atoms with Gasteiger partial charge in [0.2, 0.25) is 5.88 Å². The lowest BCUT2D eigenvalue weighted by Gasteiger charge is -2.08. The molecule has 0 saturated heterocycles. The fraction of sp³-hybridized carbons (Fsp3) is 0.0714. The van der Waals surface area contributed by atoms with Gasteiger partial charge in [0, 0.05) is 12.8 Å². The van der Waals surface area contributed by atoms with Gasteiger partial charge in [-0.3, -0.25) is 19.3 Å². The number of halogens is 1. The van der Waals surface area contributed by atoms with Gasteiger partial charge < -0.3 is 5.11 Å². The van der Waals surface area contributed by atoms with Gasteiger partial charge in [0.05, 0.1) is 5.69 Å². The van der Waals surface area contributed by atoms with Crippen LogP contribution in [0.4, 0.5) is 10.1 Å². The third-order valence-corrected chi connectivity index (χ3v) is 3.01. The molecular weight excluding hydrogens is 293 g/mol. The number of aliphatic imine (C=N–C) groups is 1. The van der Waals surface area contributed by atoms with E-state index < -0.39 is 5.56 Å². The number of rotatable bonds is 4. The van der Waals surface area contributed by atoms with Crippen LogP contribution in [0.2, 0.25) is 0 Å². The molecule has 0 aliphatic rings. The van der Waals surface area contributed by atoms with Gasteiger partial charge in [-0.05, 0) is 36.5 Å². The molecule has 1 aromatic heterocycles. The monoisotopic (exact) mass is 305 g/mol. The van der Waals surface area contributed by atoms with Crippen LogP contribution in [0.25, 0.3) is 0 Å². The van der Waals surface area contributed by atoms with E-state index in [1.54, 1.807) is 0 Å². The van der Waals surface area contributed by atoms with Gasteiger partial charge in [0.25, 0.3) is 5.56 Å². The predicted molar refractivity (Wildman–Crippen MR) is 81.4 cm³/mol. The molecule has 0 radical (unpaired) electrons. The summed E-state index contributed by atoms with van der Waals surface area (Å²) in [5, 5.41) is 10.1. The molecule has 2 aromatic rings. The Morgan fingerprint density at radius 2 is 2.10 bits per heavy atom. The zero-order valence-electron chi connectivity index (χ0n) is 10.9. The first-order chi connectivity index (χ1) is 10.0. The molecule has 1 heterocycles. The average molecular weight is 305 g/mol. The minimum atomic E-state index is -0.552. The van der Waals surface area contributed by atoms with Crippen molar-refractivity contribution >= 4 is 24.1 Å². The maximum Gasteiger partial charge on any atom is 0.264 e. The lowest BCUT2D eigenvalue weighted by atomic mass is 10.3. The van der Waals surface area contributed by atoms with Gasteiger partial charge in [-0.15, -0.1) is 6.58 Å². The first-order valence-corrected chi connectivity index (χ1v) is 6.40. The summed E-state index contributed by atoms with van der Waals surface area (Å²) in [5.74, 6) is -0.677. The van der Waals surface area contributed by atoms with Crippen molar-refractivity contribution in [2.24, 2.45) is 4.99 Å². The molecule has 108 valence electrons. The number of hydrogen-bond acceptors (Lipinski definition) is 4. The highest BCUT2D eigenvalue weighted by molar-refractivity contribution is 7.71. The van der Waals surface area contributed by atoms with Crippen molar-refractivity contribution in [2.75, 3.05) is 0 Å². The molecule has 0 amide bonds. The third kappa shape index (κ3) is 3.32. The topological polar surface area (TPSA) is 70.4 Å². The Bertz CT molecular complexity index is 806. The molecule has 2 N–H and O–H groups in total. The van der Waals surface area contributed by atoms with E-state index in [1.807, 2.05) is 0 Å². The number of benzene rings is 1. The van der Waals surface area contributed by atoms with Crippen LogP contribution >= 0.6 is 12.2 Å². The number of aromatic hydroxyl groups is 1. The summed E-state index contributed by atoms with van der Waals surface area (Å²) < 4.78 is 14.2. The van der Waals surface area contributed by atoms with E-state index in [1.165, 1.54) is 41.1 Å². The second-order valence-electron chi connectivity index (χ2n) is 4.13. The molecule has 1 aromatic carbocycles. The molecule has 0 aliphatic carbocycles. The molecule has 0 aliphatic heterocycles. The number of nitrogens with one attached hydrogen (secondary N) is 1. The van der Waals surface area contributed by atoms with E-state index in [4.69, 9.17) is 12.2 Å². The summed E-state index contributed by atoms with van der Waals surface area (Å²) in [5.41, 5.74) is -0.133. The van der Waals surface area contributed by atoms with Gasteiger partial charge in [-0.25, -0.2) is 4.39 Å². The van der Waals surface area contributed by atoms with Gasteiger partial charge in [-0.1, -0.05) is 6.08 Å². The summed E-state index contributed by atoms with van der Waals surface area (Å²) in [4.78, 5) is 18.3. The van der Waals surface area contributed by atoms with Crippen molar-refractivity contribution in [3.8, 4) is 5.88 Å². The lowest BCUT2D eigenvalue weighted by molar-refractivity contribution is 0.413. The van der Waals surface area contributed by atoms with Gasteiger partial charge in [-0.2, -0.15) is 0 Å². The minimum Gasteiger partial charge on any atom is -0.494 e. The maximum absolute atomic E-state index is 12.8. The molecule has 0 fully saturated rings.